The molecule has 0 saturated heterocycles. The lowest BCUT2D eigenvalue weighted by molar-refractivity contribution is 0.0949. The molecule has 0 spiro atoms. The maximum absolute atomic E-state index is 12.7. The Bertz CT molecular complexity index is 1300. The molecule has 1 aliphatic heterocycles. The first-order valence-electron chi connectivity index (χ1n) is 11.3. The van der Waals surface area contributed by atoms with E-state index in [1.165, 1.54) is 17.4 Å². The van der Waals surface area contributed by atoms with Gasteiger partial charge in [0.05, 0.1) is 6.26 Å². The van der Waals surface area contributed by atoms with Crippen LogP contribution in [0.2, 0.25) is 0 Å². The summed E-state index contributed by atoms with van der Waals surface area (Å²) in [5.74, 6) is -0.208. The lowest BCUT2D eigenvalue weighted by atomic mass is 9.99. The highest BCUT2D eigenvalue weighted by Crippen LogP contribution is 2.24. The molecule has 5 rings (SSSR count). The molecule has 0 bridgehead atoms. The van der Waals surface area contributed by atoms with Crippen LogP contribution >= 0.6 is 0 Å². The van der Waals surface area contributed by atoms with E-state index in [-0.39, 0.29) is 17.6 Å². The van der Waals surface area contributed by atoms with Crippen molar-refractivity contribution in [2.24, 2.45) is 0 Å². The van der Waals surface area contributed by atoms with Gasteiger partial charge in [-0.1, -0.05) is 36.4 Å². The highest BCUT2D eigenvalue weighted by molar-refractivity contribution is 6.02. The Morgan fingerprint density at radius 3 is 2.47 bits per heavy atom. The standard InChI is InChI=1S/C28H25N3O3/c32-27(29-18-20-5-3-8-24(17-20)30-28(33)26-9-4-16-34-26)22-10-12-25(13-11-22)31-15-14-21-6-1-2-7-23(21)19-31/h1-13,16-17H,14-15,18-19H2,(H,29,32)(H,30,33). The zero-order valence-electron chi connectivity index (χ0n) is 18.7. The van der Waals surface area contributed by atoms with Crippen molar-refractivity contribution in [3.8, 4) is 0 Å². The molecule has 170 valence electrons. The predicted molar refractivity (Wildman–Crippen MR) is 132 cm³/mol. The van der Waals surface area contributed by atoms with E-state index in [1.807, 2.05) is 42.5 Å². The maximum Gasteiger partial charge on any atom is 0.291 e. The van der Waals surface area contributed by atoms with Crippen LogP contribution in [0.25, 0.3) is 0 Å². The summed E-state index contributed by atoms with van der Waals surface area (Å²) in [5.41, 5.74) is 6.03. The number of hydrogen-bond donors (Lipinski definition) is 2. The van der Waals surface area contributed by atoms with Crippen LogP contribution in [-0.2, 0) is 19.5 Å². The van der Waals surface area contributed by atoms with Gasteiger partial charge in [0.25, 0.3) is 11.8 Å². The number of carbonyl (C=O) groups is 2. The third-order valence-electron chi connectivity index (χ3n) is 6.01. The van der Waals surface area contributed by atoms with Gasteiger partial charge in [-0.25, -0.2) is 0 Å². The Morgan fingerprint density at radius 1 is 0.853 bits per heavy atom. The van der Waals surface area contributed by atoms with Gasteiger partial charge in [-0.3, -0.25) is 9.59 Å². The molecule has 2 N–H and O–H groups in total. The second-order valence-corrected chi connectivity index (χ2v) is 8.30. The lowest BCUT2D eigenvalue weighted by Crippen LogP contribution is -2.30. The Morgan fingerprint density at radius 2 is 1.68 bits per heavy atom. The van der Waals surface area contributed by atoms with Crippen LogP contribution < -0.4 is 15.5 Å². The number of furan rings is 1. The predicted octanol–water partition coefficient (Wildman–Crippen LogP) is 5.02. The van der Waals surface area contributed by atoms with Crippen molar-refractivity contribution in [3.05, 3.63) is 119 Å². The molecule has 0 aliphatic carbocycles. The minimum atomic E-state index is -0.316. The molecule has 34 heavy (non-hydrogen) atoms. The van der Waals surface area contributed by atoms with E-state index in [1.54, 1.807) is 18.2 Å². The lowest BCUT2D eigenvalue weighted by Gasteiger charge is -2.30. The number of nitrogens with zero attached hydrogens (tertiary/aromatic N) is 1. The van der Waals surface area contributed by atoms with Crippen LogP contribution in [0.4, 0.5) is 11.4 Å². The van der Waals surface area contributed by atoms with Crippen molar-refractivity contribution >= 4 is 23.2 Å². The van der Waals surface area contributed by atoms with Crippen molar-refractivity contribution in [2.75, 3.05) is 16.8 Å². The molecular formula is C28H25N3O3. The van der Waals surface area contributed by atoms with Crippen molar-refractivity contribution in [2.45, 2.75) is 19.5 Å². The van der Waals surface area contributed by atoms with E-state index >= 15 is 0 Å². The van der Waals surface area contributed by atoms with Gasteiger partial charge in [0.1, 0.15) is 0 Å². The topological polar surface area (TPSA) is 74.6 Å². The number of nitrogens with one attached hydrogen (secondary N) is 2. The van der Waals surface area contributed by atoms with E-state index in [4.69, 9.17) is 4.42 Å². The number of hydrogen-bond acceptors (Lipinski definition) is 4. The van der Waals surface area contributed by atoms with Crippen LogP contribution in [0.15, 0.2) is 95.6 Å². The van der Waals surface area contributed by atoms with Crippen LogP contribution in [0.3, 0.4) is 0 Å². The number of anilines is 2. The summed E-state index contributed by atoms with van der Waals surface area (Å²) in [6.07, 6.45) is 2.48. The van der Waals surface area contributed by atoms with Crippen molar-refractivity contribution in [1.82, 2.24) is 5.32 Å². The largest absolute Gasteiger partial charge is 0.459 e. The molecule has 2 amide bonds. The van der Waals surface area contributed by atoms with Gasteiger partial charge in [0.2, 0.25) is 0 Å². The zero-order chi connectivity index (χ0) is 23.3. The van der Waals surface area contributed by atoms with Gasteiger partial charge in [-0.05, 0) is 71.6 Å². The molecular weight excluding hydrogens is 426 g/mol. The van der Waals surface area contributed by atoms with E-state index in [2.05, 4.69) is 39.8 Å². The van der Waals surface area contributed by atoms with Crippen LogP contribution in [0.1, 0.15) is 37.6 Å². The SMILES string of the molecule is O=C(NCc1cccc(NC(=O)c2ccco2)c1)c1ccc(N2CCc3ccccc3C2)cc1. The molecule has 0 unspecified atom stereocenters. The summed E-state index contributed by atoms with van der Waals surface area (Å²) in [7, 11) is 0. The van der Waals surface area contributed by atoms with Crippen molar-refractivity contribution in [1.29, 1.82) is 0 Å². The Labute approximate surface area is 198 Å². The molecule has 2 heterocycles. The van der Waals surface area contributed by atoms with E-state index < -0.39 is 0 Å². The van der Waals surface area contributed by atoms with E-state index in [0.29, 0.717) is 17.8 Å². The molecule has 6 heteroatoms. The molecule has 1 aliphatic rings. The summed E-state index contributed by atoms with van der Waals surface area (Å²) in [6.45, 7) is 2.21. The van der Waals surface area contributed by atoms with Gasteiger partial charge in [0, 0.05) is 36.6 Å². The average Bonchev–Trinajstić information content (AvgIpc) is 3.43. The third kappa shape index (κ3) is 4.86. The first kappa shape index (κ1) is 21.5. The second kappa shape index (κ2) is 9.67. The van der Waals surface area contributed by atoms with E-state index in [0.717, 1.165) is 30.8 Å². The quantitative estimate of drug-likeness (QED) is 0.431. The van der Waals surface area contributed by atoms with Gasteiger partial charge >= 0.3 is 0 Å². The number of fused-ring (bicyclic) bond motifs is 1. The summed E-state index contributed by atoms with van der Waals surface area (Å²) in [4.78, 5) is 27.2. The molecule has 0 saturated carbocycles. The fourth-order valence-electron chi connectivity index (χ4n) is 4.18. The normalized spacial score (nSPS) is 12.6. The molecule has 0 atom stereocenters. The van der Waals surface area contributed by atoms with Gasteiger partial charge in [0.15, 0.2) is 5.76 Å². The van der Waals surface area contributed by atoms with Gasteiger partial charge in [-0.2, -0.15) is 0 Å². The zero-order valence-corrected chi connectivity index (χ0v) is 18.7. The van der Waals surface area contributed by atoms with Crippen LogP contribution in [-0.4, -0.2) is 18.4 Å². The third-order valence-corrected chi connectivity index (χ3v) is 6.01. The minimum Gasteiger partial charge on any atom is -0.459 e. The second-order valence-electron chi connectivity index (χ2n) is 8.30. The van der Waals surface area contributed by atoms with Crippen molar-refractivity contribution in [3.63, 3.8) is 0 Å². The summed E-state index contributed by atoms with van der Waals surface area (Å²) in [5, 5.41) is 5.75. The highest BCUT2D eigenvalue weighted by Gasteiger charge is 2.16. The molecule has 4 aromatic rings. The number of benzene rings is 3. The summed E-state index contributed by atoms with van der Waals surface area (Å²) >= 11 is 0. The first-order chi connectivity index (χ1) is 16.7. The minimum absolute atomic E-state index is 0.138. The molecule has 3 aromatic carbocycles. The fourth-order valence-corrected chi connectivity index (χ4v) is 4.18. The van der Waals surface area contributed by atoms with E-state index in [9.17, 15) is 9.59 Å². The summed E-state index contributed by atoms with van der Waals surface area (Å²) in [6, 6.07) is 26.9. The average molecular weight is 452 g/mol. The highest BCUT2D eigenvalue weighted by atomic mass is 16.3. The Kier molecular flexibility index (Phi) is 6.12. The fraction of sp³-hybridized carbons (Fsp3) is 0.143. The Balaban J connectivity index is 1.17. The molecule has 0 fully saturated rings. The first-order valence-corrected chi connectivity index (χ1v) is 11.3. The maximum atomic E-state index is 12.7. The molecule has 1 aromatic heterocycles. The molecule has 0 radical (unpaired) electrons. The van der Waals surface area contributed by atoms with Gasteiger partial charge in [-0.15, -0.1) is 0 Å². The van der Waals surface area contributed by atoms with Crippen molar-refractivity contribution < 1.29 is 14.0 Å². The smallest absolute Gasteiger partial charge is 0.291 e. The monoisotopic (exact) mass is 451 g/mol. The van der Waals surface area contributed by atoms with Crippen LogP contribution in [0, 0.1) is 0 Å². The number of amides is 2. The van der Waals surface area contributed by atoms with Crippen LogP contribution in [0.5, 0.6) is 0 Å². The summed E-state index contributed by atoms with van der Waals surface area (Å²) < 4.78 is 5.12. The number of carbonyl (C=O) groups excluding carboxylic acids is 2. The van der Waals surface area contributed by atoms with Gasteiger partial charge < -0.3 is 20.0 Å². The number of rotatable bonds is 6. The Hall–Kier alpha value is -4.32. The molecule has 6 nitrogen and oxygen atoms in total.